The van der Waals surface area contributed by atoms with Gasteiger partial charge in [-0.25, -0.2) is 4.79 Å². The Balaban J connectivity index is 1.70. The average molecular weight is 398 g/mol. The van der Waals surface area contributed by atoms with Crippen LogP contribution in [0.2, 0.25) is 0 Å². The van der Waals surface area contributed by atoms with Gasteiger partial charge in [-0.1, -0.05) is 12.1 Å². The van der Waals surface area contributed by atoms with Crippen molar-refractivity contribution in [2.75, 3.05) is 18.6 Å². The van der Waals surface area contributed by atoms with Crippen molar-refractivity contribution in [3.8, 4) is 11.5 Å². The van der Waals surface area contributed by atoms with Crippen molar-refractivity contribution in [2.24, 2.45) is 0 Å². The molecule has 7 heteroatoms. The maximum Gasteiger partial charge on any atom is 0.338 e. The number of anilines is 1. The number of carbonyl (C=O) groups is 1. The average Bonchev–Trinajstić information content (AvgIpc) is 2.67. The molecular formula is C21H22N2O4S. The lowest BCUT2D eigenvalue weighted by atomic mass is 9.90. The molecule has 0 saturated carbocycles. The fraction of sp³-hybridized carbons (Fsp3) is 0.333. The number of ether oxygens (including phenoxy) is 3. The molecule has 0 aliphatic carbocycles. The summed E-state index contributed by atoms with van der Waals surface area (Å²) in [5, 5.41) is 4.00. The minimum Gasteiger partial charge on any atom is -0.493 e. The van der Waals surface area contributed by atoms with E-state index in [-0.39, 0.29) is 12.0 Å². The minimum atomic E-state index is -0.680. The molecule has 2 aromatic rings. The van der Waals surface area contributed by atoms with Crippen molar-refractivity contribution in [1.82, 2.24) is 5.32 Å². The monoisotopic (exact) mass is 398 g/mol. The highest BCUT2D eigenvalue weighted by atomic mass is 32.1. The molecule has 2 aliphatic rings. The second-order valence-corrected chi connectivity index (χ2v) is 7.35. The Labute approximate surface area is 169 Å². The SMILES string of the molecule is CCOC(=O)c1ccc(N2C(=S)N[C@H]3C[C@@]2(C)Oc2c(OC)cccc23)cc1. The summed E-state index contributed by atoms with van der Waals surface area (Å²) in [4.78, 5) is 13.9. The quantitative estimate of drug-likeness (QED) is 0.621. The van der Waals surface area contributed by atoms with E-state index in [2.05, 4.69) is 5.32 Å². The lowest BCUT2D eigenvalue weighted by molar-refractivity contribution is 0.0464. The van der Waals surface area contributed by atoms with Crippen LogP contribution in [-0.4, -0.2) is 30.5 Å². The van der Waals surface area contributed by atoms with Crippen molar-refractivity contribution in [1.29, 1.82) is 0 Å². The van der Waals surface area contributed by atoms with Gasteiger partial charge in [-0.05, 0) is 56.4 Å². The molecule has 6 nitrogen and oxygen atoms in total. The number of benzene rings is 2. The van der Waals surface area contributed by atoms with Crippen LogP contribution in [0.5, 0.6) is 11.5 Å². The Kier molecular flexibility index (Phi) is 4.63. The second-order valence-electron chi connectivity index (χ2n) is 6.96. The third-order valence-corrected chi connectivity index (χ3v) is 5.42. The molecular weight excluding hydrogens is 376 g/mol. The maximum absolute atomic E-state index is 11.9. The Morgan fingerprint density at radius 1 is 1.32 bits per heavy atom. The van der Waals surface area contributed by atoms with Gasteiger partial charge in [-0.2, -0.15) is 0 Å². The first-order valence-electron chi connectivity index (χ1n) is 9.20. The van der Waals surface area contributed by atoms with E-state index in [0.29, 0.717) is 29.5 Å². The largest absolute Gasteiger partial charge is 0.493 e. The van der Waals surface area contributed by atoms with E-state index in [1.807, 2.05) is 42.2 Å². The van der Waals surface area contributed by atoms with E-state index in [0.717, 1.165) is 17.0 Å². The molecule has 2 aromatic carbocycles. The van der Waals surface area contributed by atoms with Gasteiger partial charge >= 0.3 is 5.97 Å². The molecule has 0 amide bonds. The van der Waals surface area contributed by atoms with E-state index >= 15 is 0 Å². The number of rotatable bonds is 4. The summed E-state index contributed by atoms with van der Waals surface area (Å²) in [5.74, 6) is 1.08. The van der Waals surface area contributed by atoms with Crippen LogP contribution in [0.1, 0.15) is 42.2 Å². The third kappa shape index (κ3) is 2.96. The molecule has 2 atom stereocenters. The fourth-order valence-corrected chi connectivity index (χ4v) is 4.31. The lowest BCUT2D eigenvalue weighted by Crippen LogP contribution is -2.65. The van der Waals surface area contributed by atoms with Crippen LogP contribution < -0.4 is 19.7 Å². The highest BCUT2D eigenvalue weighted by molar-refractivity contribution is 7.80. The first-order valence-corrected chi connectivity index (χ1v) is 9.61. The lowest BCUT2D eigenvalue weighted by Gasteiger charge is -2.52. The number of hydrogen-bond acceptors (Lipinski definition) is 5. The maximum atomic E-state index is 11.9. The van der Waals surface area contributed by atoms with Crippen LogP contribution in [-0.2, 0) is 4.74 Å². The molecule has 146 valence electrons. The van der Waals surface area contributed by atoms with E-state index in [1.165, 1.54) is 0 Å². The zero-order valence-corrected chi connectivity index (χ0v) is 16.8. The van der Waals surface area contributed by atoms with Gasteiger partial charge in [0.05, 0.1) is 25.3 Å². The number of methoxy groups -OCH3 is 1. The van der Waals surface area contributed by atoms with Gasteiger partial charge in [-0.3, -0.25) is 4.90 Å². The first kappa shape index (κ1) is 18.6. The summed E-state index contributed by atoms with van der Waals surface area (Å²) in [7, 11) is 1.63. The topological polar surface area (TPSA) is 60.0 Å². The predicted molar refractivity (Wildman–Crippen MR) is 110 cm³/mol. The first-order chi connectivity index (χ1) is 13.5. The van der Waals surface area contributed by atoms with Gasteiger partial charge in [0, 0.05) is 17.7 Å². The van der Waals surface area contributed by atoms with Gasteiger partial charge in [-0.15, -0.1) is 0 Å². The Hall–Kier alpha value is -2.80. The number of para-hydroxylation sites is 1. The number of esters is 1. The third-order valence-electron chi connectivity index (χ3n) is 5.12. The number of nitrogens with one attached hydrogen (secondary N) is 1. The van der Waals surface area contributed by atoms with Gasteiger partial charge in [0.1, 0.15) is 0 Å². The molecule has 4 rings (SSSR count). The second kappa shape index (κ2) is 6.98. The molecule has 1 saturated heterocycles. The van der Waals surface area contributed by atoms with Gasteiger partial charge in [0.2, 0.25) is 0 Å². The number of fused-ring (bicyclic) bond motifs is 4. The van der Waals surface area contributed by atoms with Crippen LogP contribution in [0, 0.1) is 0 Å². The number of carbonyl (C=O) groups excluding carboxylic acids is 1. The van der Waals surface area contributed by atoms with Crippen molar-refractivity contribution in [3.63, 3.8) is 0 Å². The minimum absolute atomic E-state index is 0.0476. The molecule has 1 N–H and O–H groups in total. The summed E-state index contributed by atoms with van der Waals surface area (Å²) in [6, 6.07) is 13.1. The zero-order chi connectivity index (χ0) is 19.9. The van der Waals surface area contributed by atoms with Crippen LogP contribution in [0.3, 0.4) is 0 Å². The number of hydrogen-bond donors (Lipinski definition) is 1. The van der Waals surface area contributed by atoms with Crippen LogP contribution in [0.15, 0.2) is 42.5 Å². The van der Waals surface area contributed by atoms with Crippen molar-refractivity contribution >= 4 is 29.0 Å². The van der Waals surface area contributed by atoms with E-state index in [1.54, 1.807) is 26.2 Å². The van der Waals surface area contributed by atoms with E-state index in [4.69, 9.17) is 26.4 Å². The summed E-state index contributed by atoms with van der Waals surface area (Å²) < 4.78 is 17.0. The van der Waals surface area contributed by atoms with Crippen molar-refractivity contribution in [2.45, 2.75) is 32.0 Å². The summed E-state index contributed by atoms with van der Waals surface area (Å²) >= 11 is 5.66. The van der Waals surface area contributed by atoms with Gasteiger partial charge < -0.3 is 19.5 Å². The van der Waals surface area contributed by atoms with Crippen LogP contribution in [0.4, 0.5) is 5.69 Å². The predicted octanol–water partition coefficient (Wildman–Crippen LogP) is 3.81. The highest BCUT2D eigenvalue weighted by Crippen LogP contribution is 2.49. The number of nitrogens with zero attached hydrogens (tertiary/aromatic N) is 1. The summed E-state index contributed by atoms with van der Waals surface area (Å²) in [6.45, 7) is 4.14. The van der Waals surface area contributed by atoms with Crippen molar-refractivity contribution in [3.05, 3.63) is 53.6 Å². The molecule has 2 bridgehead atoms. The molecule has 0 unspecified atom stereocenters. The normalized spacial score (nSPS) is 22.6. The molecule has 0 radical (unpaired) electrons. The van der Waals surface area contributed by atoms with E-state index < -0.39 is 5.72 Å². The Morgan fingerprint density at radius 3 is 2.75 bits per heavy atom. The van der Waals surface area contributed by atoms with Crippen LogP contribution >= 0.6 is 12.2 Å². The molecule has 0 spiro atoms. The Morgan fingerprint density at radius 2 is 2.07 bits per heavy atom. The van der Waals surface area contributed by atoms with E-state index in [9.17, 15) is 4.79 Å². The number of thiocarbonyl (C=S) groups is 1. The molecule has 2 aliphatic heterocycles. The van der Waals surface area contributed by atoms with Crippen molar-refractivity contribution < 1.29 is 19.0 Å². The molecule has 2 heterocycles. The zero-order valence-electron chi connectivity index (χ0n) is 16.0. The van der Waals surface area contributed by atoms with Crippen LogP contribution in [0.25, 0.3) is 0 Å². The Bertz CT molecular complexity index is 931. The smallest absolute Gasteiger partial charge is 0.338 e. The standard InChI is InChI=1S/C21H22N2O4S/c1-4-26-19(24)13-8-10-14(11-9-13)23-20(28)22-16-12-21(23,2)27-18-15(16)6-5-7-17(18)25-3/h5-11,16H,4,12H2,1-3H3,(H,22,28)/t16-,21+/m0/s1. The fourth-order valence-electron chi connectivity index (χ4n) is 3.87. The van der Waals surface area contributed by atoms with Gasteiger partial charge in [0.15, 0.2) is 22.3 Å². The highest BCUT2D eigenvalue weighted by Gasteiger charge is 2.49. The molecule has 0 aromatic heterocycles. The molecule has 28 heavy (non-hydrogen) atoms. The summed E-state index contributed by atoms with van der Waals surface area (Å²) in [6.07, 6.45) is 0.715. The molecule has 1 fully saturated rings. The van der Waals surface area contributed by atoms with Gasteiger partial charge in [0.25, 0.3) is 0 Å². The summed E-state index contributed by atoms with van der Waals surface area (Å²) in [5.41, 5.74) is 1.70.